The van der Waals surface area contributed by atoms with E-state index in [2.05, 4.69) is 45.0 Å². The first-order chi connectivity index (χ1) is 7.98. The normalized spacial score (nSPS) is 11.5. The second-order valence-electron chi connectivity index (χ2n) is 5.34. The smallest absolute Gasteiger partial charge is 0.115 e. The van der Waals surface area contributed by atoms with Gasteiger partial charge in [0.2, 0.25) is 0 Å². The van der Waals surface area contributed by atoms with E-state index in [0.717, 1.165) is 5.56 Å². The molecule has 0 aromatic heterocycles. The highest BCUT2D eigenvalue weighted by atomic mass is 16.3. The molecule has 0 saturated heterocycles. The van der Waals surface area contributed by atoms with Gasteiger partial charge in [-0.05, 0) is 34.2 Å². The first-order valence-corrected chi connectivity index (χ1v) is 5.87. The predicted molar refractivity (Wildman–Crippen MR) is 72.2 cm³/mol. The molecule has 0 aliphatic carbocycles. The second-order valence-corrected chi connectivity index (χ2v) is 5.34. The Kier molecular flexibility index (Phi) is 2.93. The van der Waals surface area contributed by atoms with Crippen LogP contribution in [0.2, 0.25) is 0 Å². The van der Waals surface area contributed by atoms with E-state index in [9.17, 15) is 5.11 Å². The average molecular weight is 226 g/mol. The molecule has 0 bridgehead atoms. The topological polar surface area (TPSA) is 20.2 Å². The molecule has 1 N–H and O–H groups in total. The van der Waals surface area contributed by atoms with Crippen molar-refractivity contribution in [1.82, 2.24) is 0 Å². The lowest BCUT2D eigenvalue weighted by Crippen LogP contribution is -2.12. The average Bonchev–Trinajstić information content (AvgIpc) is 2.29. The highest BCUT2D eigenvalue weighted by molar-refractivity contribution is 5.69. The van der Waals surface area contributed by atoms with E-state index in [-0.39, 0.29) is 5.41 Å². The van der Waals surface area contributed by atoms with Crippen molar-refractivity contribution in [3.63, 3.8) is 0 Å². The Morgan fingerprint density at radius 1 is 0.824 bits per heavy atom. The lowest BCUT2D eigenvalue weighted by molar-refractivity contribution is 0.475. The molecule has 0 heterocycles. The Labute approximate surface area is 103 Å². The molecule has 2 rings (SSSR count). The number of hydrogen-bond donors (Lipinski definition) is 1. The van der Waals surface area contributed by atoms with Crippen LogP contribution in [0.25, 0.3) is 11.1 Å². The van der Waals surface area contributed by atoms with Crippen LogP contribution in [0.15, 0.2) is 48.5 Å². The van der Waals surface area contributed by atoms with Crippen molar-refractivity contribution >= 4 is 0 Å². The molecule has 0 saturated carbocycles. The minimum atomic E-state index is 0.120. The maximum atomic E-state index is 9.33. The summed E-state index contributed by atoms with van der Waals surface area (Å²) in [6, 6.07) is 15.8. The van der Waals surface area contributed by atoms with Crippen LogP contribution in [0.1, 0.15) is 26.3 Å². The zero-order valence-electron chi connectivity index (χ0n) is 10.6. The van der Waals surface area contributed by atoms with E-state index in [4.69, 9.17) is 0 Å². The third kappa shape index (κ3) is 2.50. The molecule has 0 amide bonds. The summed E-state index contributed by atoms with van der Waals surface area (Å²) in [5, 5.41) is 9.33. The van der Waals surface area contributed by atoms with Crippen molar-refractivity contribution in [2.45, 2.75) is 26.2 Å². The van der Waals surface area contributed by atoms with E-state index in [1.54, 1.807) is 12.1 Å². The summed E-state index contributed by atoms with van der Waals surface area (Å²) in [4.78, 5) is 0. The molecule has 0 aliphatic heterocycles. The SMILES string of the molecule is CC(C)(C)c1ccccc1-c1ccc(O)cc1. The predicted octanol–water partition coefficient (Wildman–Crippen LogP) is 4.36. The minimum Gasteiger partial charge on any atom is -0.508 e. The lowest BCUT2D eigenvalue weighted by atomic mass is 9.82. The van der Waals surface area contributed by atoms with Gasteiger partial charge in [-0.15, -0.1) is 0 Å². The van der Waals surface area contributed by atoms with Crippen LogP contribution in [-0.2, 0) is 5.41 Å². The van der Waals surface area contributed by atoms with E-state index >= 15 is 0 Å². The number of phenolic OH excluding ortho intramolecular Hbond substituents is 1. The van der Waals surface area contributed by atoms with Crippen LogP contribution in [0, 0.1) is 0 Å². The maximum absolute atomic E-state index is 9.33. The van der Waals surface area contributed by atoms with Crippen molar-refractivity contribution in [3.05, 3.63) is 54.1 Å². The zero-order chi connectivity index (χ0) is 12.5. The van der Waals surface area contributed by atoms with Gasteiger partial charge in [-0.2, -0.15) is 0 Å². The minimum absolute atomic E-state index is 0.120. The first kappa shape index (κ1) is 11.7. The standard InChI is InChI=1S/C16H18O/c1-16(2,3)15-7-5-4-6-14(15)12-8-10-13(17)11-9-12/h4-11,17H,1-3H3. The summed E-state index contributed by atoms with van der Waals surface area (Å²) in [5.41, 5.74) is 3.83. The Balaban J connectivity index is 2.56. The van der Waals surface area contributed by atoms with Gasteiger partial charge in [0.1, 0.15) is 5.75 Å². The van der Waals surface area contributed by atoms with Gasteiger partial charge in [0, 0.05) is 0 Å². The number of aromatic hydroxyl groups is 1. The lowest BCUT2D eigenvalue weighted by Gasteiger charge is -2.23. The number of hydrogen-bond acceptors (Lipinski definition) is 1. The zero-order valence-corrected chi connectivity index (χ0v) is 10.6. The summed E-state index contributed by atoms with van der Waals surface area (Å²) in [5.74, 6) is 0.307. The molecule has 2 aromatic carbocycles. The third-order valence-electron chi connectivity index (χ3n) is 2.91. The molecular weight excluding hydrogens is 208 g/mol. The van der Waals surface area contributed by atoms with Gasteiger partial charge in [-0.25, -0.2) is 0 Å². The van der Waals surface area contributed by atoms with Crippen molar-refractivity contribution < 1.29 is 5.11 Å². The summed E-state index contributed by atoms with van der Waals surface area (Å²) < 4.78 is 0. The van der Waals surface area contributed by atoms with Crippen molar-refractivity contribution in [2.75, 3.05) is 0 Å². The van der Waals surface area contributed by atoms with Crippen molar-refractivity contribution in [2.24, 2.45) is 0 Å². The van der Waals surface area contributed by atoms with Gasteiger partial charge in [-0.3, -0.25) is 0 Å². The molecule has 0 radical (unpaired) electrons. The first-order valence-electron chi connectivity index (χ1n) is 5.87. The van der Waals surface area contributed by atoms with Crippen LogP contribution in [0.4, 0.5) is 0 Å². The fourth-order valence-corrected chi connectivity index (χ4v) is 2.03. The van der Waals surface area contributed by atoms with E-state index in [1.165, 1.54) is 11.1 Å². The molecule has 1 nitrogen and oxygen atoms in total. The van der Waals surface area contributed by atoms with Gasteiger partial charge in [-0.1, -0.05) is 57.2 Å². The molecule has 0 atom stereocenters. The van der Waals surface area contributed by atoms with Crippen LogP contribution in [0.5, 0.6) is 5.75 Å². The highest BCUT2D eigenvalue weighted by Gasteiger charge is 2.17. The molecule has 17 heavy (non-hydrogen) atoms. The van der Waals surface area contributed by atoms with Gasteiger partial charge in [0.15, 0.2) is 0 Å². The Hall–Kier alpha value is -1.76. The van der Waals surface area contributed by atoms with Gasteiger partial charge >= 0.3 is 0 Å². The molecular formula is C16H18O. The van der Waals surface area contributed by atoms with Gasteiger partial charge in [0.25, 0.3) is 0 Å². The van der Waals surface area contributed by atoms with Crippen molar-refractivity contribution in [1.29, 1.82) is 0 Å². The molecule has 0 aliphatic rings. The number of rotatable bonds is 1. The largest absolute Gasteiger partial charge is 0.508 e. The Morgan fingerprint density at radius 3 is 2.00 bits per heavy atom. The summed E-state index contributed by atoms with van der Waals surface area (Å²) >= 11 is 0. The summed E-state index contributed by atoms with van der Waals surface area (Å²) in [7, 11) is 0. The fourth-order valence-electron chi connectivity index (χ4n) is 2.03. The van der Waals surface area contributed by atoms with E-state index < -0.39 is 0 Å². The monoisotopic (exact) mass is 226 g/mol. The third-order valence-corrected chi connectivity index (χ3v) is 2.91. The van der Waals surface area contributed by atoms with E-state index in [1.807, 2.05) is 12.1 Å². The van der Waals surface area contributed by atoms with Crippen molar-refractivity contribution in [3.8, 4) is 16.9 Å². The van der Waals surface area contributed by atoms with E-state index in [0.29, 0.717) is 5.75 Å². The van der Waals surface area contributed by atoms with Gasteiger partial charge < -0.3 is 5.11 Å². The summed E-state index contributed by atoms with van der Waals surface area (Å²) in [6.07, 6.45) is 0. The van der Waals surface area contributed by atoms with Crippen LogP contribution >= 0.6 is 0 Å². The quantitative estimate of drug-likeness (QED) is 0.766. The maximum Gasteiger partial charge on any atom is 0.115 e. The molecule has 2 aromatic rings. The Morgan fingerprint density at radius 2 is 1.41 bits per heavy atom. The molecule has 0 unspecified atom stereocenters. The van der Waals surface area contributed by atoms with Crippen LogP contribution in [0.3, 0.4) is 0 Å². The number of benzene rings is 2. The number of phenols is 1. The highest BCUT2D eigenvalue weighted by Crippen LogP contribution is 2.33. The Bertz CT molecular complexity index is 504. The van der Waals surface area contributed by atoms with Crippen LogP contribution in [-0.4, -0.2) is 5.11 Å². The van der Waals surface area contributed by atoms with Gasteiger partial charge in [0.05, 0.1) is 0 Å². The fraction of sp³-hybridized carbons (Fsp3) is 0.250. The molecule has 0 spiro atoms. The molecule has 0 fully saturated rings. The van der Waals surface area contributed by atoms with Crippen LogP contribution < -0.4 is 0 Å². The molecule has 1 heteroatoms. The second kappa shape index (κ2) is 4.25. The molecule has 88 valence electrons. The summed E-state index contributed by atoms with van der Waals surface area (Å²) in [6.45, 7) is 6.64.